The molecule has 1 aromatic carbocycles. The van der Waals surface area contributed by atoms with E-state index in [1.54, 1.807) is 17.8 Å². The molecule has 1 aliphatic heterocycles. The quantitative estimate of drug-likeness (QED) is 0.729. The van der Waals surface area contributed by atoms with E-state index in [0.29, 0.717) is 6.54 Å². The summed E-state index contributed by atoms with van der Waals surface area (Å²) in [5, 5.41) is 0.781. The average molecular weight is 219 g/mol. The van der Waals surface area contributed by atoms with Crippen molar-refractivity contribution in [2.45, 2.75) is 11.9 Å². The first-order valence-corrected chi connectivity index (χ1v) is 5.87. The van der Waals surface area contributed by atoms with Crippen LogP contribution in [-0.2, 0) is 10.5 Å². The molecule has 2 nitrogen and oxygen atoms in total. The molecule has 0 saturated carbocycles. The van der Waals surface area contributed by atoms with Crippen molar-refractivity contribution in [2.24, 2.45) is 4.99 Å². The van der Waals surface area contributed by atoms with Gasteiger partial charge in [-0.3, -0.25) is 0 Å². The maximum atomic E-state index is 5.53. The molecule has 0 amide bonds. The van der Waals surface area contributed by atoms with E-state index < -0.39 is 0 Å². The van der Waals surface area contributed by atoms with E-state index in [4.69, 9.17) is 4.74 Å². The van der Waals surface area contributed by atoms with Crippen molar-refractivity contribution < 1.29 is 4.74 Å². The highest BCUT2D eigenvalue weighted by atomic mass is 32.2. The molecular formula is C12H13NOS. The van der Waals surface area contributed by atoms with E-state index in [9.17, 15) is 0 Å². The summed E-state index contributed by atoms with van der Waals surface area (Å²) in [6, 6.07) is 10.3. The summed E-state index contributed by atoms with van der Waals surface area (Å²) in [7, 11) is 0. The summed E-state index contributed by atoms with van der Waals surface area (Å²) in [6.07, 6.45) is 1.86. The monoisotopic (exact) mass is 219 g/mol. The number of nitrogens with zero attached hydrogens (tertiary/aromatic N) is 1. The fourth-order valence-electron chi connectivity index (χ4n) is 1.29. The summed E-state index contributed by atoms with van der Waals surface area (Å²) >= 11 is 1.64. The minimum absolute atomic E-state index is 0.0725. The molecule has 0 N–H and O–H groups in total. The Morgan fingerprint density at radius 2 is 2.27 bits per heavy atom. The third-order valence-electron chi connectivity index (χ3n) is 2.12. The Balaban J connectivity index is 1.82. The molecule has 0 saturated heterocycles. The van der Waals surface area contributed by atoms with E-state index in [1.165, 1.54) is 5.56 Å². The predicted molar refractivity (Wildman–Crippen MR) is 65.1 cm³/mol. The molecule has 0 aromatic heterocycles. The van der Waals surface area contributed by atoms with E-state index in [-0.39, 0.29) is 6.10 Å². The van der Waals surface area contributed by atoms with Gasteiger partial charge in [0.15, 0.2) is 0 Å². The van der Waals surface area contributed by atoms with E-state index in [2.05, 4.69) is 23.7 Å². The van der Waals surface area contributed by atoms with Gasteiger partial charge in [-0.25, -0.2) is 4.99 Å². The summed E-state index contributed by atoms with van der Waals surface area (Å²) in [5.74, 6) is 0.906. The zero-order chi connectivity index (χ0) is 10.5. The Morgan fingerprint density at radius 3 is 2.93 bits per heavy atom. The smallest absolute Gasteiger partial charge is 0.246 e. The summed E-state index contributed by atoms with van der Waals surface area (Å²) < 4.78 is 5.53. The topological polar surface area (TPSA) is 21.6 Å². The third-order valence-corrected chi connectivity index (χ3v) is 3.07. The molecule has 3 heteroatoms. The molecule has 1 aliphatic rings. The minimum Gasteiger partial charge on any atom is -0.464 e. The largest absolute Gasteiger partial charge is 0.464 e. The molecular weight excluding hydrogens is 206 g/mol. The lowest BCUT2D eigenvalue weighted by molar-refractivity contribution is 0.282. The predicted octanol–water partition coefficient (Wildman–Crippen LogP) is 2.86. The van der Waals surface area contributed by atoms with Crippen LogP contribution in [0.25, 0.3) is 0 Å². The second-order valence-corrected chi connectivity index (χ2v) is 4.20. The number of benzene rings is 1. The molecule has 0 radical (unpaired) electrons. The van der Waals surface area contributed by atoms with Gasteiger partial charge in [-0.2, -0.15) is 0 Å². The Morgan fingerprint density at radius 1 is 1.47 bits per heavy atom. The molecule has 0 unspecified atom stereocenters. The van der Waals surface area contributed by atoms with Crippen LogP contribution >= 0.6 is 11.8 Å². The fourth-order valence-corrected chi connectivity index (χ4v) is 2.13. The first kappa shape index (κ1) is 10.3. The highest BCUT2D eigenvalue weighted by molar-refractivity contribution is 8.12. The van der Waals surface area contributed by atoms with Crippen molar-refractivity contribution in [1.29, 1.82) is 0 Å². The molecule has 1 atom stereocenters. The zero-order valence-corrected chi connectivity index (χ0v) is 9.24. The Labute approximate surface area is 94.1 Å². The van der Waals surface area contributed by atoms with Crippen LogP contribution in [-0.4, -0.2) is 17.9 Å². The van der Waals surface area contributed by atoms with Gasteiger partial charge in [-0.1, -0.05) is 48.7 Å². The number of hydrogen-bond acceptors (Lipinski definition) is 3. The number of thioether (sulfide) groups is 1. The van der Waals surface area contributed by atoms with Gasteiger partial charge in [-0.05, 0) is 11.6 Å². The highest BCUT2D eigenvalue weighted by Crippen LogP contribution is 2.19. The van der Waals surface area contributed by atoms with Crippen molar-refractivity contribution in [1.82, 2.24) is 0 Å². The van der Waals surface area contributed by atoms with Gasteiger partial charge in [0.2, 0.25) is 5.23 Å². The maximum absolute atomic E-state index is 5.53. The molecule has 1 heterocycles. The van der Waals surface area contributed by atoms with Gasteiger partial charge in [0.05, 0.1) is 6.54 Å². The first-order valence-electron chi connectivity index (χ1n) is 4.89. The van der Waals surface area contributed by atoms with Gasteiger partial charge in [-0.15, -0.1) is 0 Å². The first-order chi connectivity index (χ1) is 7.38. The summed E-state index contributed by atoms with van der Waals surface area (Å²) in [5.41, 5.74) is 1.29. The lowest BCUT2D eigenvalue weighted by Crippen LogP contribution is -2.07. The van der Waals surface area contributed by atoms with E-state index in [0.717, 1.165) is 11.0 Å². The van der Waals surface area contributed by atoms with Crippen LogP contribution in [0.3, 0.4) is 0 Å². The number of hydrogen-bond donors (Lipinski definition) is 0. The standard InChI is InChI=1S/C12H13NOS/c1-2-11-8-13-12(14-11)15-9-10-6-4-3-5-7-10/h2-7,11H,1,8-9H2/t11-/m0/s1. The lowest BCUT2D eigenvalue weighted by Gasteiger charge is -2.05. The molecule has 0 spiro atoms. The van der Waals surface area contributed by atoms with Crippen LogP contribution in [0, 0.1) is 0 Å². The number of ether oxygens (including phenoxy) is 1. The third kappa shape index (κ3) is 2.86. The normalized spacial score (nSPS) is 19.5. The maximum Gasteiger partial charge on any atom is 0.246 e. The van der Waals surface area contributed by atoms with Gasteiger partial charge >= 0.3 is 0 Å². The molecule has 0 aliphatic carbocycles. The van der Waals surface area contributed by atoms with Crippen LogP contribution in [0.2, 0.25) is 0 Å². The molecule has 78 valence electrons. The number of rotatable bonds is 3. The highest BCUT2D eigenvalue weighted by Gasteiger charge is 2.16. The minimum atomic E-state index is 0.0725. The van der Waals surface area contributed by atoms with Crippen LogP contribution in [0.5, 0.6) is 0 Å². The zero-order valence-electron chi connectivity index (χ0n) is 8.43. The number of aliphatic imine (C=N–C) groups is 1. The SMILES string of the molecule is C=C[C@H]1CN=C(SCc2ccccc2)O1. The summed E-state index contributed by atoms with van der Waals surface area (Å²) in [6.45, 7) is 4.40. The Kier molecular flexibility index (Phi) is 3.45. The van der Waals surface area contributed by atoms with Crippen molar-refractivity contribution in [2.75, 3.05) is 6.54 Å². The van der Waals surface area contributed by atoms with E-state index in [1.807, 2.05) is 18.2 Å². The van der Waals surface area contributed by atoms with Crippen molar-refractivity contribution >= 4 is 17.0 Å². The van der Waals surface area contributed by atoms with Crippen LogP contribution < -0.4 is 0 Å². The molecule has 0 bridgehead atoms. The van der Waals surface area contributed by atoms with Crippen molar-refractivity contribution in [3.8, 4) is 0 Å². The van der Waals surface area contributed by atoms with Gasteiger partial charge in [0.1, 0.15) is 6.10 Å². The Bertz CT molecular complexity index is 361. The summed E-state index contributed by atoms with van der Waals surface area (Å²) in [4.78, 5) is 4.29. The second kappa shape index (κ2) is 5.03. The Hall–Kier alpha value is -1.22. The molecule has 1 aromatic rings. The van der Waals surface area contributed by atoms with Crippen molar-refractivity contribution in [3.63, 3.8) is 0 Å². The second-order valence-electron chi connectivity index (χ2n) is 3.27. The van der Waals surface area contributed by atoms with Crippen LogP contribution in [0.4, 0.5) is 0 Å². The average Bonchev–Trinajstić information content (AvgIpc) is 2.76. The van der Waals surface area contributed by atoms with Gasteiger partial charge < -0.3 is 4.74 Å². The van der Waals surface area contributed by atoms with Gasteiger partial charge in [0.25, 0.3) is 0 Å². The lowest BCUT2D eigenvalue weighted by atomic mass is 10.2. The van der Waals surface area contributed by atoms with Gasteiger partial charge in [0, 0.05) is 5.75 Å². The fraction of sp³-hybridized carbons (Fsp3) is 0.250. The van der Waals surface area contributed by atoms with Crippen LogP contribution in [0.15, 0.2) is 48.0 Å². The molecule has 15 heavy (non-hydrogen) atoms. The molecule has 0 fully saturated rings. The van der Waals surface area contributed by atoms with E-state index >= 15 is 0 Å². The molecule has 2 rings (SSSR count). The van der Waals surface area contributed by atoms with Crippen LogP contribution in [0.1, 0.15) is 5.56 Å². The van der Waals surface area contributed by atoms with Crippen molar-refractivity contribution in [3.05, 3.63) is 48.6 Å².